The molecule has 0 aromatic carbocycles. The van der Waals surface area contributed by atoms with Gasteiger partial charge in [-0.15, -0.1) is 0 Å². The molecule has 0 amide bonds. The summed E-state index contributed by atoms with van der Waals surface area (Å²) in [7, 11) is 0. The number of fused-ring (bicyclic) bond motifs is 1. The first-order chi connectivity index (χ1) is 5.61. The maximum absolute atomic E-state index is 5.76. The minimum absolute atomic E-state index is 0.0562. The number of nitrogens with one attached hydrogen (secondary N) is 1. The van der Waals surface area contributed by atoms with Gasteiger partial charge in [-0.3, -0.25) is 0 Å². The van der Waals surface area contributed by atoms with Crippen molar-refractivity contribution in [2.75, 3.05) is 17.6 Å². The van der Waals surface area contributed by atoms with Crippen LogP contribution in [-0.2, 0) is 5.41 Å². The fraction of sp³-hybridized carbons (Fsp3) is 0.500. The van der Waals surface area contributed by atoms with Gasteiger partial charge >= 0.3 is 0 Å². The molecule has 2 rings (SSSR count). The number of nitrogens with two attached hydrogens (primary N) is 1. The molecule has 0 unspecified atom stereocenters. The second-order valence-corrected chi connectivity index (χ2v) is 3.72. The van der Waals surface area contributed by atoms with Gasteiger partial charge in [-0.25, -0.2) is 9.97 Å². The summed E-state index contributed by atoms with van der Waals surface area (Å²) >= 11 is 0. The molecule has 64 valence electrons. The summed E-state index contributed by atoms with van der Waals surface area (Å²) in [6, 6.07) is 0. The Hall–Kier alpha value is -1.32. The summed E-state index contributed by atoms with van der Waals surface area (Å²) in [5.41, 5.74) is 6.86. The highest BCUT2D eigenvalue weighted by Gasteiger charge is 2.33. The SMILES string of the molecule is CC1(C)CNc2ncnc(N)c21. The zero-order valence-electron chi connectivity index (χ0n) is 7.26. The van der Waals surface area contributed by atoms with Gasteiger partial charge in [-0.1, -0.05) is 13.8 Å². The highest BCUT2D eigenvalue weighted by atomic mass is 15.1. The van der Waals surface area contributed by atoms with Gasteiger partial charge in [-0.05, 0) is 0 Å². The van der Waals surface area contributed by atoms with Crippen molar-refractivity contribution in [1.29, 1.82) is 0 Å². The summed E-state index contributed by atoms with van der Waals surface area (Å²) in [4.78, 5) is 8.09. The van der Waals surface area contributed by atoms with Crippen molar-refractivity contribution < 1.29 is 0 Å². The fourth-order valence-electron chi connectivity index (χ4n) is 1.59. The molecule has 0 radical (unpaired) electrons. The highest BCUT2D eigenvalue weighted by Crippen LogP contribution is 2.37. The number of anilines is 2. The Balaban J connectivity index is 2.64. The highest BCUT2D eigenvalue weighted by molar-refractivity contribution is 5.63. The first-order valence-corrected chi connectivity index (χ1v) is 3.96. The molecule has 3 N–H and O–H groups in total. The summed E-state index contributed by atoms with van der Waals surface area (Å²) in [5.74, 6) is 1.47. The van der Waals surface area contributed by atoms with E-state index in [-0.39, 0.29) is 5.41 Å². The number of nitrogen functional groups attached to an aromatic ring is 1. The van der Waals surface area contributed by atoms with Crippen LogP contribution in [0.4, 0.5) is 11.6 Å². The van der Waals surface area contributed by atoms with Gasteiger partial charge in [0.25, 0.3) is 0 Å². The molecular weight excluding hydrogens is 152 g/mol. The number of nitrogens with zero attached hydrogens (tertiary/aromatic N) is 2. The van der Waals surface area contributed by atoms with Gasteiger partial charge in [0.2, 0.25) is 0 Å². The predicted octanol–water partition coefficient (Wildman–Crippen LogP) is 0.762. The van der Waals surface area contributed by atoms with E-state index in [1.807, 2.05) is 0 Å². The lowest BCUT2D eigenvalue weighted by molar-refractivity contribution is 0.586. The Morgan fingerprint density at radius 1 is 1.50 bits per heavy atom. The lowest BCUT2D eigenvalue weighted by Crippen LogP contribution is -2.20. The molecule has 0 bridgehead atoms. The third kappa shape index (κ3) is 0.841. The molecule has 0 aliphatic carbocycles. The van der Waals surface area contributed by atoms with Crippen molar-refractivity contribution in [3.63, 3.8) is 0 Å². The van der Waals surface area contributed by atoms with Crippen LogP contribution in [0.3, 0.4) is 0 Å². The van der Waals surface area contributed by atoms with Crippen molar-refractivity contribution in [3.05, 3.63) is 11.9 Å². The first-order valence-electron chi connectivity index (χ1n) is 3.96. The molecule has 1 aliphatic rings. The monoisotopic (exact) mass is 164 g/mol. The molecular formula is C8H12N4. The van der Waals surface area contributed by atoms with Gasteiger partial charge in [0.05, 0.1) is 0 Å². The van der Waals surface area contributed by atoms with Crippen molar-refractivity contribution in [2.24, 2.45) is 0 Å². The molecule has 4 heteroatoms. The Bertz CT molecular complexity index is 319. The maximum atomic E-state index is 5.76. The van der Waals surface area contributed by atoms with Crippen LogP contribution in [0, 0.1) is 0 Å². The number of aromatic nitrogens is 2. The van der Waals surface area contributed by atoms with E-state index in [1.54, 1.807) is 0 Å². The standard InChI is InChI=1S/C8H12N4/c1-8(2)3-10-7-5(8)6(9)11-4-12-7/h4H,3H2,1-2H3,(H3,9,10,11,12). The van der Waals surface area contributed by atoms with Crippen molar-refractivity contribution in [3.8, 4) is 0 Å². The van der Waals surface area contributed by atoms with Gasteiger partial charge in [0.1, 0.15) is 18.0 Å². The smallest absolute Gasteiger partial charge is 0.135 e. The zero-order chi connectivity index (χ0) is 8.77. The van der Waals surface area contributed by atoms with Gasteiger partial charge < -0.3 is 11.1 Å². The quantitative estimate of drug-likeness (QED) is 0.594. The Morgan fingerprint density at radius 2 is 2.25 bits per heavy atom. The Labute approximate surface area is 71.2 Å². The van der Waals surface area contributed by atoms with Crippen LogP contribution in [0.15, 0.2) is 6.33 Å². The Morgan fingerprint density at radius 3 is 2.92 bits per heavy atom. The molecule has 0 atom stereocenters. The molecule has 0 saturated carbocycles. The average Bonchev–Trinajstić information content (AvgIpc) is 2.29. The van der Waals surface area contributed by atoms with E-state index >= 15 is 0 Å². The lowest BCUT2D eigenvalue weighted by atomic mass is 9.88. The van der Waals surface area contributed by atoms with E-state index in [9.17, 15) is 0 Å². The molecule has 1 aromatic rings. The maximum Gasteiger partial charge on any atom is 0.135 e. The summed E-state index contributed by atoms with van der Waals surface area (Å²) in [6.45, 7) is 5.14. The molecule has 0 fully saturated rings. The third-order valence-electron chi connectivity index (χ3n) is 2.25. The van der Waals surface area contributed by atoms with E-state index in [1.165, 1.54) is 6.33 Å². The molecule has 0 spiro atoms. The van der Waals surface area contributed by atoms with Gasteiger partial charge in [0.15, 0.2) is 0 Å². The van der Waals surface area contributed by atoms with E-state index in [0.29, 0.717) is 5.82 Å². The summed E-state index contributed by atoms with van der Waals surface area (Å²) in [5, 5.41) is 3.20. The van der Waals surface area contributed by atoms with Crippen LogP contribution in [0.25, 0.3) is 0 Å². The second kappa shape index (κ2) is 2.09. The van der Waals surface area contributed by atoms with Crippen molar-refractivity contribution >= 4 is 11.6 Å². The second-order valence-electron chi connectivity index (χ2n) is 3.72. The summed E-state index contributed by atoms with van der Waals surface area (Å²) in [6.07, 6.45) is 1.49. The molecule has 12 heavy (non-hydrogen) atoms. The van der Waals surface area contributed by atoms with E-state index in [0.717, 1.165) is 17.9 Å². The van der Waals surface area contributed by atoms with E-state index < -0.39 is 0 Å². The number of hydrogen-bond acceptors (Lipinski definition) is 4. The van der Waals surface area contributed by atoms with Gasteiger partial charge in [0, 0.05) is 17.5 Å². The first kappa shape index (κ1) is 7.34. The minimum atomic E-state index is 0.0562. The average molecular weight is 164 g/mol. The van der Waals surface area contributed by atoms with Gasteiger partial charge in [-0.2, -0.15) is 0 Å². The largest absolute Gasteiger partial charge is 0.383 e. The third-order valence-corrected chi connectivity index (χ3v) is 2.25. The number of hydrogen-bond donors (Lipinski definition) is 2. The van der Waals surface area contributed by atoms with Crippen LogP contribution in [-0.4, -0.2) is 16.5 Å². The molecule has 0 saturated heterocycles. The van der Waals surface area contributed by atoms with Crippen molar-refractivity contribution in [1.82, 2.24) is 9.97 Å². The number of rotatable bonds is 0. The lowest BCUT2D eigenvalue weighted by Gasteiger charge is -2.17. The van der Waals surface area contributed by atoms with E-state index in [4.69, 9.17) is 5.73 Å². The van der Waals surface area contributed by atoms with Crippen LogP contribution in [0.2, 0.25) is 0 Å². The van der Waals surface area contributed by atoms with Crippen LogP contribution in [0.5, 0.6) is 0 Å². The van der Waals surface area contributed by atoms with Crippen LogP contribution >= 0.6 is 0 Å². The Kier molecular flexibility index (Phi) is 1.28. The van der Waals surface area contributed by atoms with E-state index in [2.05, 4.69) is 29.1 Å². The molecule has 1 aromatic heterocycles. The minimum Gasteiger partial charge on any atom is -0.383 e. The topological polar surface area (TPSA) is 63.8 Å². The van der Waals surface area contributed by atoms with Crippen LogP contribution < -0.4 is 11.1 Å². The predicted molar refractivity (Wildman–Crippen MR) is 48.0 cm³/mol. The van der Waals surface area contributed by atoms with Crippen molar-refractivity contribution in [2.45, 2.75) is 19.3 Å². The molecule has 2 heterocycles. The summed E-state index contributed by atoms with van der Waals surface area (Å²) < 4.78 is 0. The normalized spacial score (nSPS) is 18.5. The fourth-order valence-corrected chi connectivity index (χ4v) is 1.59. The zero-order valence-corrected chi connectivity index (χ0v) is 7.26. The molecule has 1 aliphatic heterocycles. The molecule has 4 nitrogen and oxygen atoms in total. The van der Waals surface area contributed by atoms with Crippen LogP contribution in [0.1, 0.15) is 19.4 Å².